The Hall–Kier alpha value is -1.14. The first-order chi connectivity index (χ1) is 10.4. The van der Waals surface area contributed by atoms with Gasteiger partial charge in [0.05, 0.1) is 11.5 Å². The average molecular weight is 312 g/mol. The lowest BCUT2D eigenvalue weighted by Gasteiger charge is -2.33. The van der Waals surface area contributed by atoms with Crippen molar-refractivity contribution < 1.29 is 19.8 Å². The van der Waals surface area contributed by atoms with Crippen LogP contribution >= 0.6 is 0 Å². The molecule has 0 bridgehead atoms. The average Bonchev–Trinajstić information content (AvgIpc) is 2.77. The van der Waals surface area contributed by atoms with E-state index in [1.807, 2.05) is 4.90 Å². The van der Waals surface area contributed by atoms with Gasteiger partial charge in [-0.15, -0.1) is 0 Å². The van der Waals surface area contributed by atoms with Crippen molar-refractivity contribution in [1.29, 1.82) is 0 Å². The highest BCUT2D eigenvalue weighted by molar-refractivity contribution is 5.75. The number of hydrogen-bond acceptors (Lipinski definition) is 4. The summed E-state index contributed by atoms with van der Waals surface area (Å²) in [5.41, 5.74) is -0.703. The van der Waals surface area contributed by atoms with Crippen LogP contribution in [0.15, 0.2) is 0 Å². The van der Waals surface area contributed by atoms with Crippen LogP contribution in [0.3, 0.4) is 0 Å². The summed E-state index contributed by atoms with van der Waals surface area (Å²) in [6.07, 6.45) is 5.98. The molecule has 2 aliphatic rings. The summed E-state index contributed by atoms with van der Waals surface area (Å²) in [5.74, 6) is -1.53. The first-order valence-electron chi connectivity index (χ1n) is 8.33. The van der Waals surface area contributed by atoms with Crippen LogP contribution in [0.4, 0.5) is 0 Å². The molecule has 2 fully saturated rings. The van der Waals surface area contributed by atoms with E-state index in [1.165, 1.54) is 6.92 Å². The second-order valence-electron chi connectivity index (χ2n) is 6.87. The largest absolute Gasteiger partial charge is 0.481 e. The number of amides is 1. The monoisotopic (exact) mass is 312 g/mol. The molecule has 6 heteroatoms. The highest BCUT2D eigenvalue weighted by Gasteiger charge is 2.34. The number of nitrogens with zero attached hydrogens (tertiary/aromatic N) is 2. The van der Waals surface area contributed by atoms with Gasteiger partial charge in [0.2, 0.25) is 5.91 Å². The molecule has 1 heterocycles. The van der Waals surface area contributed by atoms with Gasteiger partial charge in [0.1, 0.15) is 0 Å². The van der Waals surface area contributed by atoms with E-state index in [0.29, 0.717) is 26.2 Å². The lowest BCUT2D eigenvalue weighted by molar-refractivity contribution is -0.143. The maximum atomic E-state index is 11.6. The molecule has 0 aromatic heterocycles. The van der Waals surface area contributed by atoms with Gasteiger partial charge in [-0.3, -0.25) is 14.5 Å². The fraction of sp³-hybridized carbons (Fsp3) is 0.875. The van der Waals surface area contributed by atoms with Gasteiger partial charge in [-0.25, -0.2) is 0 Å². The molecule has 1 saturated carbocycles. The van der Waals surface area contributed by atoms with Gasteiger partial charge in [0.15, 0.2) is 0 Å². The van der Waals surface area contributed by atoms with Crippen LogP contribution in [-0.4, -0.2) is 70.2 Å². The zero-order valence-electron chi connectivity index (χ0n) is 13.5. The van der Waals surface area contributed by atoms with Gasteiger partial charge < -0.3 is 15.1 Å². The summed E-state index contributed by atoms with van der Waals surface area (Å²) in [7, 11) is 0. The van der Waals surface area contributed by atoms with Gasteiger partial charge in [-0.05, 0) is 12.8 Å². The van der Waals surface area contributed by atoms with E-state index in [0.717, 1.165) is 38.5 Å². The molecule has 1 aliphatic heterocycles. The number of carboxylic acids is 1. The van der Waals surface area contributed by atoms with E-state index in [2.05, 4.69) is 0 Å². The van der Waals surface area contributed by atoms with Gasteiger partial charge in [0, 0.05) is 39.6 Å². The molecule has 0 spiro atoms. The SMILES string of the molecule is CC(=O)N1CCN(CC2(O)CCCCCC2)C[C@@H](C(=O)O)C1. The number of carbonyl (C=O) groups excluding carboxylic acids is 1. The van der Waals surface area contributed by atoms with Crippen LogP contribution in [0.2, 0.25) is 0 Å². The van der Waals surface area contributed by atoms with E-state index in [-0.39, 0.29) is 12.5 Å². The number of β-amino-alcohol motifs (C(OH)–C–C–N with tert-alkyl or cyclic N) is 1. The summed E-state index contributed by atoms with van der Waals surface area (Å²) < 4.78 is 0. The van der Waals surface area contributed by atoms with Crippen LogP contribution in [0.5, 0.6) is 0 Å². The van der Waals surface area contributed by atoms with Crippen molar-refractivity contribution in [3.63, 3.8) is 0 Å². The van der Waals surface area contributed by atoms with E-state index in [1.54, 1.807) is 4.90 Å². The van der Waals surface area contributed by atoms with Crippen LogP contribution < -0.4 is 0 Å². The van der Waals surface area contributed by atoms with Crippen molar-refractivity contribution >= 4 is 11.9 Å². The van der Waals surface area contributed by atoms with Crippen molar-refractivity contribution in [1.82, 2.24) is 9.80 Å². The number of hydrogen-bond donors (Lipinski definition) is 2. The second kappa shape index (κ2) is 7.42. The van der Waals surface area contributed by atoms with Gasteiger partial charge >= 0.3 is 5.97 Å². The van der Waals surface area contributed by atoms with Crippen molar-refractivity contribution in [3.05, 3.63) is 0 Å². The Balaban J connectivity index is 2.03. The maximum absolute atomic E-state index is 11.6. The molecule has 1 atom stereocenters. The van der Waals surface area contributed by atoms with E-state index in [4.69, 9.17) is 0 Å². The number of aliphatic carboxylic acids is 1. The molecule has 1 aliphatic carbocycles. The molecule has 1 saturated heterocycles. The molecule has 126 valence electrons. The predicted molar refractivity (Wildman–Crippen MR) is 82.5 cm³/mol. The van der Waals surface area contributed by atoms with Crippen molar-refractivity contribution in [3.8, 4) is 0 Å². The molecule has 0 aromatic carbocycles. The van der Waals surface area contributed by atoms with Gasteiger partial charge in [-0.2, -0.15) is 0 Å². The predicted octanol–water partition coefficient (Wildman–Crippen LogP) is 0.937. The third-order valence-electron chi connectivity index (χ3n) is 4.95. The topological polar surface area (TPSA) is 81.1 Å². The van der Waals surface area contributed by atoms with Crippen LogP contribution in [0.25, 0.3) is 0 Å². The fourth-order valence-corrected chi connectivity index (χ4v) is 3.63. The Bertz CT molecular complexity index is 405. The molecule has 6 nitrogen and oxygen atoms in total. The molecule has 1 amide bonds. The van der Waals surface area contributed by atoms with Crippen molar-refractivity contribution in [2.45, 2.75) is 51.0 Å². The number of carboxylic acid groups (broad SMARTS) is 1. The summed E-state index contributed by atoms with van der Waals surface area (Å²) >= 11 is 0. The van der Waals surface area contributed by atoms with E-state index in [9.17, 15) is 19.8 Å². The molecule has 22 heavy (non-hydrogen) atoms. The van der Waals surface area contributed by atoms with E-state index >= 15 is 0 Å². The number of rotatable bonds is 3. The number of aliphatic hydroxyl groups is 1. The smallest absolute Gasteiger partial charge is 0.309 e. The quantitative estimate of drug-likeness (QED) is 0.758. The Morgan fingerprint density at radius 1 is 1.09 bits per heavy atom. The molecule has 0 radical (unpaired) electrons. The minimum Gasteiger partial charge on any atom is -0.481 e. The Morgan fingerprint density at radius 3 is 2.27 bits per heavy atom. The lowest BCUT2D eigenvalue weighted by atomic mass is 9.93. The zero-order valence-corrected chi connectivity index (χ0v) is 13.5. The standard InChI is InChI=1S/C16H28N2O4/c1-13(19)18-9-8-17(10-14(11-18)15(20)21)12-16(22)6-4-2-3-5-7-16/h14,22H,2-12H2,1H3,(H,20,21)/t14-/m1/s1. The van der Waals surface area contributed by atoms with Crippen LogP contribution in [0.1, 0.15) is 45.4 Å². The first kappa shape index (κ1) is 17.2. The zero-order chi connectivity index (χ0) is 16.2. The second-order valence-corrected chi connectivity index (χ2v) is 6.87. The minimum atomic E-state index is -0.869. The van der Waals surface area contributed by atoms with Gasteiger partial charge in [-0.1, -0.05) is 25.7 Å². The van der Waals surface area contributed by atoms with Gasteiger partial charge in [0.25, 0.3) is 0 Å². The Kier molecular flexibility index (Phi) is 5.81. The van der Waals surface area contributed by atoms with Crippen LogP contribution in [-0.2, 0) is 9.59 Å². The normalized spacial score (nSPS) is 27.0. The van der Waals surface area contributed by atoms with E-state index < -0.39 is 17.5 Å². The molecule has 0 aromatic rings. The highest BCUT2D eigenvalue weighted by Crippen LogP contribution is 2.28. The fourth-order valence-electron chi connectivity index (χ4n) is 3.63. The maximum Gasteiger partial charge on any atom is 0.309 e. The minimum absolute atomic E-state index is 0.0821. The third kappa shape index (κ3) is 4.68. The molecular weight excluding hydrogens is 284 g/mol. The van der Waals surface area contributed by atoms with Crippen molar-refractivity contribution in [2.75, 3.05) is 32.7 Å². The Morgan fingerprint density at radius 2 is 1.73 bits per heavy atom. The van der Waals surface area contributed by atoms with Crippen LogP contribution in [0, 0.1) is 5.92 Å². The molecule has 2 rings (SSSR count). The number of carbonyl (C=O) groups is 2. The lowest BCUT2D eigenvalue weighted by Crippen LogP contribution is -2.45. The first-order valence-corrected chi connectivity index (χ1v) is 8.33. The highest BCUT2D eigenvalue weighted by atomic mass is 16.4. The Labute approximate surface area is 132 Å². The summed E-state index contributed by atoms with van der Waals surface area (Å²) in [6, 6.07) is 0. The third-order valence-corrected chi connectivity index (χ3v) is 4.95. The molecule has 2 N–H and O–H groups in total. The summed E-state index contributed by atoms with van der Waals surface area (Å²) in [6.45, 7) is 3.83. The molecular formula is C16H28N2O4. The molecule has 0 unspecified atom stereocenters. The summed E-state index contributed by atoms with van der Waals surface area (Å²) in [4.78, 5) is 26.7. The van der Waals surface area contributed by atoms with Crippen molar-refractivity contribution in [2.24, 2.45) is 5.92 Å². The summed E-state index contributed by atoms with van der Waals surface area (Å²) in [5, 5.41) is 20.2.